The van der Waals surface area contributed by atoms with Gasteiger partial charge in [0.15, 0.2) is 0 Å². The summed E-state index contributed by atoms with van der Waals surface area (Å²) < 4.78 is 25.8. The number of hydrogen-bond donors (Lipinski definition) is 2. The summed E-state index contributed by atoms with van der Waals surface area (Å²) in [5.41, 5.74) is 0.569. The van der Waals surface area contributed by atoms with Gasteiger partial charge in [0.1, 0.15) is 0 Å². The smallest absolute Gasteiger partial charge is 0.315 e. The number of unbranched alkanes of at least 4 members (excludes halogenated alkanes) is 2. The molecule has 2 N–H and O–H groups in total. The zero-order chi connectivity index (χ0) is 18.2. The van der Waals surface area contributed by atoms with Gasteiger partial charge in [0.05, 0.1) is 4.90 Å². The van der Waals surface area contributed by atoms with Crippen LogP contribution in [0.3, 0.4) is 0 Å². The van der Waals surface area contributed by atoms with Gasteiger partial charge in [-0.15, -0.1) is 0 Å². The number of nitrogens with one attached hydrogen (secondary N) is 2. The monoisotopic (exact) mass is 355 g/mol. The molecular formula is C17H29N3O3S. The third-order valence-electron chi connectivity index (χ3n) is 3.79. The lowest BCUT2D eigenvalue weighted by atomic mass is 10.1. The maximum absolute atomic E-state index is 12.3. The van der Waals surface area contributed by atoms with Crippen LogP contribution in [-0.4, -0.2) is 38.9 Å². The average molecular weight is 356 g/mol. The van der Waals surface area contributed by atoms with Crippen LogP contribution in [0, 0.1) is 0 Å². The van der Waals surface area contributed by atoms with Crippen molar-refractivity contribution in [3.63, 3.8) is 0 Å². The van der Waals surface area contributed by atoms with Crippen molar-refractivity contribution in [3.05, 3.63) is 29.8 Å². The molecule has 6 nitrogen and oxygen atoms in total. The van der Waals surface area contributed by atoms with Crippen molar-refractivity contribution in [2.24, 2.45) is 0 Å². The van der Waals surface area contributed by atoms with E-state index in [0.717, 1.165) is 25.7 Å². The van der Waals surface area contributed by atoms with Gasteiger partial charge >= 0.3 is 6.03 Å². The number of nitrogens with zero attached hydrogens (tertiary/aromatic N) is 1. The number of hydrogen-bond acceptors (Lipinski definition) is 3. The summed E-state index contributed by atoms with van der Waals surface area (Å²) in [4.78, 5) is 12.2. The fourth-order valence-electron chi connectivity index (χ4n) is 2.32. The lowest BCUT2D eigenvalue weighted by Crippen LogP contribution is -2.40. The summed E-state index contributed by atoms with van der Waals surface area (Å²) in [6.07, 6.45) is 4.33. The molecule has 0 aromatic heterocycles. The molecule has 0 aliphatic rings. The van der Waals surface area contributed by atoms with E-state index in [-0.39, 0.29) is 23.5 Å². The Morgan fingerprint density at radius 1 is 1.21 bits per heavy atom. The first-order valence-electron chi connectivity index (χ1n) is 8.33. The number of amides is 2. The Hall–Kier alpha value is -1.60. The van der Waals surface area contributed by atoms with Gasteiger partial charge in [-0.05, 0) is 25.0 Å². The van der Waals surface area contributed by atoms with E-state index in [1.54, 1.807) is 24.3 Å². The molecular weight excluding hydrogens is 326 g/mol. The van der Waals surface area contributed by atoms with Gasteiger partial charge in [0.25, 0.3) is 0 Å². The number of carbonyl (C=O) groups excluding carboxylic acids is 1. The Labute approximate surface area is 145 Å². The summed E-state index contributed by atoms with van der Waals surface area (Å²) in [5, 5.41) is 5.62. The number of rotatable bonds is 9. The van der Waals surface area contributed by atoms with Crippen LogP contribution < -0.4 is 10.6 Å². The Balaban J connectivity index is 2.64. The third kappa shape index (κ3) is 6.13. The highest BCUT2D eigenvalue weighted by atomic mass is 32.2. The van der Waals surface area contributed by atoms with Crippen LogP contribution in [-0.2, 0) is 16.6 Å². The normalized spacial score (nSPS) is 12.9. The van der Waals surface area contributed by atoms with E-state index in [0.29, 0.717) is 5.56 Å². The molecule has 1 unspecified atom stereocenters. The molecule has 136 valence electrons. The van der Waals surface area contributed by atoms with Crippen LogP contribution in [0.2, 0.25) is 0 Å². The van der Waals surface area contributed by atoms with E-state index < -0.39 is 10.0 Å². The largest absolute Gasteiger partial charge is 0.336 e. The zero-order valence-electron chi connectivity index (χ0n) is 15.0. The van der Waals surface area contributed by atoms with Crippen molar-refractivity contribution in [3.8, 4) is 0 Å². The molecule has 0 heterocycles. The van der Waals surface area contributed by atoms with Crippen molar-refractivity contribution in [2.75, 3.05) is 14.1 Å². The molecule has 7 heteroatoms. The molecule has 0 radical (unpaired) electrons. The minimum Gasteiger partial charge on any atom is -0.336 e. The second kappa shape index (κ2) is 9.64. The second-order valence-electron chi connectivity index (χ2n) is 6.12. The van der Waals surface area contributed by atoms with Crippen LogP contribution in [0.4, 0.5) is 4.79 Å². The first kappa shape index (κ1) is 20.4. The number of benzene rings is 1. The number of carbonyl (C=O) groups is 1. The van der Waals surface area contributed by atoms with E-state index in [9.17, 15) is 13.2 Å². The predicted octanol–water partition coefficient (Wildman–Crippen LogP) is 2.70. The molecule has 1 aromatic carbocycles. The summed E-state index contributed by atoms with van der Waals surface area (Å²) in [6.45, 7) is 4.28. The molecule has 0 aliphatic heterocycles. The Kier molecular flexibility index (Phi) is 8.21. The van der Waals surface area contributed by atoms with E-state index in [1.165, 1.54) is 18.4 Å². The van der Waals surface area contributed by atoms with Crippen molar-refractivity contribution in [1.29, 1.82) is 0 Å². The highest BCUT2D eigenvalue weighted by Gasteiger charge is 2.20. The lowest BCUT2D eigenvalue weighted by molar-refractivity contribution is 0.236. The summed E-state index contributed by atoms with van der Waals surface area (Å²) >= 11 is 0. The van der Waals surface area contributed by atoms with Crippen molar-refractivity contribution in [1.82, 2.24) is 14.9 Å². The molecule has 1 atom stereocenters. The van der Waals surface area contributed by atoms with E-state index in [4.69, 9.17) is 0 Å². The van der Waals surface area contributed by atoms with E-state index >= 15 is 0 Å². The van der Waals surface area contributed by atoms with Crippen LogP contribution >= 0.6 is 0 Å². The van der Waals surface area contributed by atoms with Crippen molar-refractivity contribution < 1.29 is 13.2 Å². The lowest BCUT2D eigenvalue weighted by Gasteiger charge is -2.17. The Morgan fingerprint density at radius 3 is 2.50 bits per heavy atom. The average Bonchev–Trinajstić information content (AvgIpc) is 2.53. The van der Waals surface area contributed by atoms with Gasteiger partial charge in [-0.2, -0.15) is 0 Å². The van der Waals surface area contributed by atoms with Crippen LogP contribution in [0.25, 0.3) is 0 Å². The summed E-state index contributed by atoms with van der Waals surface area (Å²) in [5.74, 6) is 0. The molecule has 1 rings (SSSR count). The summed E-state index contributed by atoms with van der Waals surface area (Å²) in [7, 11) is -0.551. The zero-order valence-corrected chi connectivity index (χ0v) is 15.8. The Bertz CT molecular complexity index is 630. The molecule has 0 bridgehead atoms. The highest BCUT2D eigenvalue weighted by Crippen LogP contribution is 2.18. The molecule has 2 amide bonds. The quantitative estimate of drug-likeness (QED) is 0.669. The molecule has 0 fully saturated rings. The van der Waals surface area contributed by atoms with Crippen LogP contribution in [0.15, 0.2) is 29.2 Å². The van der Waals surface area contributed by atoms with E-state index in [2.05, 4.69) is 17.6 Å². The second-order valence-corrected chi connectivity index (χ2v) is 8.24. The van der Waals surface area contributed by atoms with Gasteiger partial charge in [-0.1, -0.05) is 44.4 Å². The first-order valence-corrected chi connectivity index (χ1v) is 9.77. The molecule has 24 heavy (non-hydrogen) atoms. The fraction of sp³-hybridized carbons (Fsp3) is 0.588. The molecule has 0 saturated carbocycles. The Morgan fingerprint density at radius 2 is 1.88 bits per heavy atom. The van der Waals surface area contributed by atoms with Gasteiger partial charge in [-0.25, -0.2) is 17.5 Å². The first-order chi connectivity index (χ1) is 11.3. The van der Waals surface area contributed by atoms with Crippen LogP contribution in [0.5, 0.6) is 0 Å². The molecule has 1 aromatic rings. The van der Waals surface area contributed by atoms with Gasteiger partial charge < -0.3 is 10.6 Å². The summed E-state index contributed by atoms with van der Waals surface area (Å²) in [6, 6.07) is 6.51. The topological polar surface area (TPSA) is 78.5 Å². The maximum atomic E-state index is 12.3. The van der Waals surface area contributed by atoms with E-state index in [1.807, 2.05) is 6.92 Å². The van der Waals surface area contributed by atoms with Crippen molar-refractivity contribution in [2.45, 2.75) is 57.0 Å². The third-order valence-corrected chi connectivity index (χ3v) is 5.70. The van der Waals surface area contributed by atoms with Gasteiger partial charge in [-0.3, -0.25) is 0 Å². The molecule has 0 aliphatic carbocycles. The minimum atomic E-state index is -3.53. The standard InChI is InChI=1S/C17H29N3O3S/c1-5-6-7-10-14(2)19-17(21)18-13-15-11-8-9-12-16(15)24(22,23)20(3)4/h8-9,11-12,14H,5-7,10,13H2,1-4H3,(H2,18,19,21). The number of sulfonamides is 1. The SMILES string of the molecule is CCCCCC(C)NC(=O)NCc1ccccc1S(=O)(=O)N(C)C. The maximum Gasteiger partial charge on any atom is 0.315 e. The minimum absolute atomic E-state index is 0.0947. The van der Waals surface area contributed by atoms with Gasteiger partial charge in [0.2, 0.25) is 10.0 Å². The van der Waals surface area contributed by atoms with Crippen LogP contribution in [0.1, 0.15) is 45.1 Å². The van der Waals surface area contributed by atoms with Gasteiger partial charge in [0, 0.05) is 26.7 Å². The highest BCUT2D eigenvalue weighted by molar-refractivity contribution is 7.89. The molecule has 0 spiro atoms. The fourth-order valence-corrected chi connectivity index (χ4v) is 3.44. The molecule has 0 saturated heterocycles. The van der Waals surface area contributed by atoms with Crippen molar-refractivity contribution >= 4 is 16.1 Å². The predicted molar refractivity (Wildman–Crippen MR) is 96.3 cm³/mol. The number of urea groups is 1.